The molecule has 2 fully saturated rings. The molecule has 0 aliphatic carbocycles. The van der Waals surface area contributed by atoms with Gasteiger partial charge in [-0.3, -0.25) is 9.69 Å². The predicted octanol–water partition coefficient (Wildman–Crippen LogP) is 3.13. The molecule has 0 radical (unpaired) electrons. The molecule has 0 saturated carbocycles. The molecule has 5 nitrogen and oxygen atoms in total. The van der Waals surface area contributed by atoms with Crippen LogP contribution in [0.3, 0.4) is 0 Å². The van der Waals surface area contributed by atoms with Crippen molar-refractivity contribution in [2.24, 2.45) is 5.92 Å². The summed E-state index contributed by atoms with van der Waals surface area (Å²) in [6.07, 6.45) is 2.08. The van der Waals surface area contributed by atoms with Gasteiger partial charge in [0.15, 0.2) is 0 Å². The molecule has 2 aromatic rings. The average Bonchev–Trinajstić information content (AvgIpc) is 3.20. The maximum Gasteiger partial charge on any atom is 0.273 e. The second-order valence-corrected chi connectivity index (χ2v) is 8.05. The largest absolute Gasteiger partial charge is 0.379 e. The number of piperidine rings is 1. The number of hydrogen-bond donors (Lipinski definition) is 0. The van der Waals surface area contributed by atoms with Crippen LogP contribution in [0.4, 0.5) is 4.39 Å². The van der Waals surface area contributed by atoms with E-state index in [1.54, 1.807) is 17.5 Å². The fourth-order valence-corrected chi connectivity index (χ4v) is 4.53. The van der Waals surface area contributed by atoms with Gasteiger partial charge in [-0.2, -0.15) is 0 Å². The first-order valence-electron chi connectivity index (χ1n) is 9.50. The number of nitrogens with zero attached hydrogens (tertiary/aromatic N) is 3. The summed E-state index contributed by atoms with van der Waals surface area (Å²) >= 11 is 1.43. The second-order valence-electron chi connectivity index (χ2n) is 7.19. The molecule has 0 N–H and O–H groups in total. The molecule has 2 aliphatic heterocycles. The molecule has 1 aromatic heterocycles. The van der Waals surface area contributed by atoms with E-state index in [-0.39, 0.29) is 11.7 Å². The Morgan fingerprint density at radius 1 is 1.15 bits per heavy atom. The standard InChI is InChI=1S/C20H24FN3O2S/c21-17-3-1-16(2-4-17)19-22-18(14-27-19)20(25)24-7-5-15(6-8-24)13-23-9-11-26-12-10-23/h1-4,14-15H,5-13H2. The molecule has 2 aliphatic rings. The summed E-state index contributed by atoms with van der Waals surface area (Å²) in [4.78, 5) is 21.6. The van der Waals surface area contributed by atoms with Crippen LogP contribution >= 0.6 is 11.3 Å². The van der Waals surface area contributed by atoms with Gasteiger partial charge in [0.1, 0.15) is 16.5 Å². The Bertz CT molecular complexity index is 766. The summed E-state index contributed by atoms with van der Waals surface area (Å²) < 4.78 is 18.5. The van der Waals surface area contributed by atoms with Crippen molar-refractivity contribution < 1.29 is 13.9 Å². The number of amides is 1. The van der Waals surface area contributed by atoms with Gasteiger partial charge in [-0.1, -0.05) is 0 Å². The lowest BCUT2D eigenvalue weighted by atomic mass is 9.96. The number of carbonyl (C=O) groups is 1. The fourth-order valence-electron chi connectivity index (χ4n) is 3.73. The number of carbonyl (C=O) groups excluding carboxylic acids is 1. The maximum absolute atomic E-state index is 13.1. The Hall–Kier alpha value is -1.83. The SMILES string of the molecule is O=C(c1csc(-c2ccc(F)cc2)n1)N1CCC(CN2CCOCC2)CC1. The molecule has 4 rings (SSSR count). The van der Waals surface area contributed by atoms with Crippen molar-refractivity contribution in [3.63, 3.8) is 0 Å². The Morgan fingerprint density at radius 2 is 1.85 bits per heavy atom. The van der Waals surface area contributed by atoms with E-state index in [1.807, 2.05) is 4.90 Å². The number of halogens is 1. The highest BCUT2D eigenvalue weighted by molar-refractivity contribution is 7.13. The third-order valence-electron chi connectivity index (χ3n) is 5.34. The van der Waals surface area contributed by atoms with Crippen molar-refractivity contribution in [1.29, 1.82) is 0 Å². The normalized spacial score (nSPS) is 19.4. The van der Waals surface area contributed by atoms with E-state index in [9.17, 15) is 9.18 Å². The van der Waals surface area contributed by atoms with Crippen LogP contribution in [-0.2, 0) is 4.74 Å². The van der Waals surface area contributed by atoms with Gasteiger partial charge in [-0.15, -0.1) is 11.3 Å². The third kappa shape index (κ3) is 4.54. The van der Waals surface area contributed by atoms with Crippen molar-refractivity contribution in [3.8, 4) is 10.6 Å². The van der Waals surface area contributed by atoms with E-state index >= 15 is 0 Å². The van der Waals surface area contributed by atoms with Gasteiger partial charge in [-0.05, 0) is 43.0 Å². The van der Waals surface area contributed by atoms with Gasteiger partial charge < -0.3 is 9.64 Å². The number of rotatable bonds is 4. The van der Waals surface area contributed by atoms with Crippen LogP contribution in [0.25, 0.3) is 10.6 Å². The number of thiazole rings is 1. The van der Waals surface area contributed by atoms with Crippen molar-refractivity contribution in [3.05, 3.63) is 41.2 Å². The zero-order valence-electron chi connectivity index (χ0n) is 15.3. The number of hydrogen-bond acceptors (Lipinski definition) is 5. The lowest BCUT2D eigenvalue weighted by Crippen LogP contribution is -2.44. The first-order valence-corrected chi connectivity index (χ1v) is 10.4. The molecule has 3 heterocycles. The van der Waals surface area contributed by atoms with Gasteiger partial charge in [0.05, 0.1) is 13.2 Å². The first-order chi connectivity index (χ1) is 13.2. The smallest absolute Gasteiger partial charge is 0.273 e. The molecule has 144 valence electrons. The highest BCUT2D eigenvalue weighted by atomic mass is 32.1. The summed E-state index contributed by atoms with van der Waals surface area (Å²) in [5, 5.41) is 2.56. The number of ether oxygens (including phenoxy) is 1. The minimum atomic E-state index is -0.272. The number of morpholine rings is 1. The first kappa shape index (κ1) is 18.5. The fraction of sp³-hybridized carbons (Fsp3) is 0.500. The lowest BCUT2D eigenvalue weighted by molar-refractivity contribution is 0.0242. The average molecular weight is 389 g/mol. The van der Waals surface area contributed by atoms with Crippen molar-refractivity contribution in [2.45, 2.75) is 12.8 Å². The molecule has 2 saturated heterocycles. The van der Waals surface area contributed by atoms with Crippen molar-refractivity contribution >= 4 is 17.2 Å². The van der Waals surface area contributed by atoms with E-state index in [1.165, 1.54) is 23.5 Å². The molecule has 1 amide bonds. The van der Waals surface area contributed by atoms with Gasteiger partial charge in [0.25, 0.3) is 5.91 Å². The van der Waals surface area contributed by atoms with Crippen LogP contribution in [0, 0.1) is 11.7 Å². The van der Waals surface area contributed by atoms with Crippen LogP contribution < -0.4 is 0 Å². The summed E-state index contributed by atoms with van der Waals surface area (Å²) in [5.41, 5.74) is 1.33. The maximum atomic E-state index is 13.1. The minimum Gasteiger partial charge on any atom is -0.379 e. The zero-order chi connectivity index (χ0) is 18.6. The summed E-state index contributed by atoms with van der Waals surface area (Å²) in [6, 6.07) is 6.22. The monoisotopic (exact) mass is 389 g/mol. The van der Waals surface area contributed by atoms with E-state index in [0.717, 1.165) is 69.4 Å². The Kier molecular flexibility index (Phi) is 5.80. The van der Waals surface area contributed by atoms with Gasteiger partial charge in [-0.25, -0.2) is 9.37 Å². The molecule has 1 aromatic carbocycles. The summed E-state index contributed by atoms with van der Waals surface area (Å²) in [5.74, 6) is 0.383. The quantitative estimate of drug-likeness (QED) is 0.806. The zero-order valence-corrected chi connectivity index (χ0v) is 16.1. The number of benzene rings is 1. The van der Waals surface area contributed by atoms with Crippen LogP contribution in [0.1, 0.15) is 23.3 Å². The Morgan fingerprint density at radius 3 is 2.56 bits per heavy atom. The lowest BCUT2D eigenvalue weighted by Gasteiger charge is -2.35. The molecular formula is C20H24FN3O2S. The molecule has 0 spiro atoms. The summed E-state index contributed by atoms with van der Waals surface area (Å²) in [6.45, 7) is 6.38. The molecule has 0 unspecified atom stereocenters. The molecular weight excluding hydrogens is 365 g/mol. The van der Waals surface area contributed by atoms with Crippen molar-refractivity contribution in [1.82, 2.24) is 14.8 Å². The Labute approximate surface area is 162 Å². The predicted molar refractivity (Wildman–Crippen MR) is 103 cm³/mol. The highest BCUT2D eigenvalue weighted by Crippen LogP contribution is 2.26. The van der Waals surface area contributed by atoms with Gasteiger partial charge in [0, 0.05) is 43.7 Å². The van der Waals surface area contributed by atoms with E-state index in [2.05, 4.69) is 9.88 Å². The van der Waals surface area contributed by atoms with Gasteiger partial charge in [0.2, 0.25) is 0 Å². The van der Waals surface area contributed by atoms with Gasteiger partial charge >= 0.3 is 0 Å². The number of likely N-dealkylation sites (tertiary alicyclic amines) is 1. The minimum absolute atomic E-state index is 0.00411. The van der Waals surface area contributed by atoms with Crippen molar-refractivity contribution in [2.75, 3.05) is 45.9 Å². The van der Waals surface area contributed by atoms with E-state index in [0.29, 0.717) is 11.6 Å². The Balaban J connectivity index is 1.32. The van der Waals surface area contributed by atoms with Crippen LogP contribution in [0.15, 0.2) is 29.6 Å². The molecule has 0 atom stereocenters. The van der Waals surface area contributed by atoms with E-state index < -0.39 is 0 Å². The van der Waals surface area contributed by atoms with Crippen LogP contribution in [0.2, 0.25) is 0 Å². The summed E-state index contributed by atoms with van der Waals surface area (Å²) in [7, 11) is 0. The second kappa shape index (κ2) is 8.46. The van der Waals surface area contributed by atoms with Crippen LogP contribution in [-0.4, -0.2) is 66.6 Å². The molecule has 7 heteroatoms. The molecule has 0 bridgehead atoms. The van der Waals surface area contributed by atoms with Crippen LogP contribution in [0.5, 0.6) is 0 Å². The topological polar surface area (TPSA) is 45.7 Å². The highest BCUT2D eigenvalue weighted by Gasteiger charge is 2.26. The molecule has 27 heavy (non-hydrogen) atoms. The third-order valence-corrected chi connectivity index (χ3v) is 6.23. The van der Waals surface area contributed by atoms with E-state index in [4.69, 9.17) is 4.74 Å². The number of aromatic nitrogens is 1.